The van der Waals surface area contributed by atoms with Gasteiger partial charge in [-0.2, -0.15) is 26.3 Å². The van der Waals surface area contributed by atoms with E-state index in [1.807, 2.05) is 24.3 Å². The Morgan fingerprint density at radius 2 is 1.49 bits per heavy atom. The number of aliphatic carboxylic acids is 2. The maximum Gasteiger partial charge on any atom is 0.490 e. The van der Waals surface area contributed by atoms with E-state index in [1.165, 1.54) is 0 Å². The number of pyridine rings is 1. The van der Waals surface area contributed by atoms with Gasteiger partial charge in [-0.1, -0.05) is 24.3 Å². The second kappa shape index (κ2) is 16.0. The van der Waals surface area contributed by atoms with E-state index in [4.69, 9.17) is 30.9 Å². The number of benzene rings is 1. The summed E-state index contributed by atoms with van der Waals surface area (Å²) in [5.74, 6) is -5.67. The van der Waals surface area contributed by atoms with E-state index in [9.17, 15) is 35.9 Å². The maximum atomic E-state index is 12.5. The lowest BCUT2D eigenvalue weighted by Gasteiger charge is -2.17. The molecule has 1 aliphatic heterocycles. The van der Waals surface area contributed by atoms with Crippen molar-refractivity contribution in [2.45, 2.75) is 50.2 Å². The standard InChI is InChI=1S/C21H26N6O2.2C2HF3O2/c1-13(20(28)26-11-14-2-4-16(5-3-14)19(22)23)27-21(29)18-10-17(12-25-18)15-6-8-24-9-7-15;2*3-2(4,5)1(6)7/h2-9,13,17-18,25H,10-12H2,1H3,(H3,22,23)(H,26,28)(H,27,29);2*(H,6,7). The summed E-state index contributed by atoms with van der Waals surface area (Å²) in [6.45, 7) is 2.73. The third kappa shape index (κ3) is 13.2. The molecule has 0 saturated carbocycles. The molecule has 1 fully saturated rings. The average molecular weight is 623 g/mol. The van der Waals surface area contributed by atoms with Crippen molar-refractivity contribution in [1.82, 2.24) is 20.9 Å². The van der Waals surface area contributed by atoms with E-state index in [0.29, 0.717) is 18.5 Å². The predicted octanol–water partition coefficient (Wildman–Crippen LogP) is 1.90. The zero-order chi connectivity index (χ0) is 33.0. The fraction of sp³-hybridized carbons (Fsp3) is 0.360. The highest BCUT2D eigenvalue weighted by molar-refractivity contribution is 5.95. The lowest BCUT2D eigenvalue weighted by molar-refractivity contribution is -0.193. The first kappa shape index (κ1) is 36.3. The van der Waals surface area contributed by atoms with E-state index in [-0.39, 0.29) is 29.6 Å². The number of nitrogen functional groups attached to an aromatic ring is 1. The van der Waals surface area contributed by atoms with E-state index >= 15 is 0 Å². The highest BCUT2D eigenvalue weighted by Gasteiger charge is 2.39. The number of hydrogen-bond acceptors (Lipinski definition) is 7. The van der Waals surface area contributed by atoms with Crippen LogP contribution in [-0.4, -0.2) is 75.8 Å². The third-order valence-electron chi connectivity index (χ3n) is 5.59. The molecule has 2 amide bonds. The average Bonchev–Trinajstić information content (AvgIpc) is 3.43. The molecule has 1 aromatic heterocycles. The molecule has 0 bridgehead atoms. The molecule has 0 radical (unpaired) electrons. The van der Waals surface area contributed by atoms with Crippen molar-refractivity contribution >= 4 is 29.6 Å². The van der Waals surface area contributed by atoms with Crippen LogP contribution in [0.1, 0.15) is 36.0 Å². The number of carboxylic acids is 2. The van der Waals surface area contributed by atoms with Crippen molar-refractivity contribution < 1.29 is 55.7 Å². The van der Waals surface area contributed by atoms with Gasteiger partial charge in [0, 0.05) is 31.0 Å². The number of nitrogens with zero attached hydrogens (tertiary/aromatic N) is 1. The monoisotopic (exact) mass is 622 g/mol. The molecule has 1 aliphatic rings. The Bertz CT molecular complexity index is 1230. The molecule has 3 atom stereocenters. The summed E-state index contributed by atoms with van der Waals surface area (Å²) in [6, 6.07) is 10.1. The van der Waals surface area contributed by atoms with E-state index < -0.39 is 30.3 Å². The van der Waals surface area contributed by atoms with Crippen molar-refractivity contribution in [3.05, 3.63) is 65.5 Å². The molecule has 3 rings (SSSR count). The van der Waals surface area contributed by atoms with Crippen LogP contribution in [0.3, 0.4) is 0 Å². The van der Waals surface area contributed by atoms with Gasteiger partial charge in [-0.05, 0) is 42.5 Å². The number of alkyl halides is 6. The Hall–Kier alpha value is -4.74. The number of amides is 2. The minimum absolute atomic E-state index is 0.00334. The molecule has 2 heterocycles. The van der Waals surface area contributed by atoms with Crippen LogP contribution in [0.4, 0.5) is 26.3 Å². The molecule has 12 nitrogen and oxygen atoms in total. The summed E-state index contributed by atoms with van der Waals surface area (Å²) < 4.78 is 63.5. The number of carbonyl (C=O) groups is 4. The molecule has 2 aromatic rings. The van der Waals surface area contributed by atoms with E-state index in [0.717, 1.165) is 17.7 Å². The quantitative estimate of drug-likeness (QED) is 0.137. The lowest BCUT2D eigenvalue weighted by Crippen LogP contribution is -2.49. The van der Waals surface area contributed by atoms with E-state index in [1.54, 1.807) is 31.5 Å². The van der Waals surface area contributed by atoms with Gasteiger partial charge in [0.2, 0.25) is 11.8 Å². The molecule has 43 heavy (non-hydrogen) atoms. The number of halogens is 6. The molecule has 18 heteroatoms. The number of nitrogens with one attached hydrogen (secondary N) is 4. The van der Waals surface area contributed by atoms with Crippen LogP contribution < -0.4 is 21.7 Å². The lowest BCUT2D eigenvalue weighted by atomic mass is 9.97. The van der Waals surface area contributed by atoms with Gasteiger partial charge >= 0.3 is 24.3 Å². The van der Waals surface area contributed by atoms with Gasteiger partial charge in [0.05, 0.1) is 6.04 Å². The molecular formula is C25H28F6N6O6. The summed E-state index contributed by atoms with van der Waals surface area (Å²) in [6.07, 6.45) is -5.97. The Kier molecular flexibility index (Phi) is 13.5. The summed E-state index contributed by atoms with van der Waals surface area (Å²) in [5.41, 5.74) is 8.11. The van der Waals surface area contributed by atoms with Crippen molar-refractivity contribution in [3.63, 3.8) is 0 Å². The number of carboxylic acid groups (broad SMARTS) is 2. The zero-order valence-electron chi connectivity index (χ0n) is 22.3. The first-order valence-electron chi connectivity index (χ1n) is 12.1. The number of nitrogens with two attached hydrogens (primary N) is 1. The highest BCUT2D eigenvalue weighted by atomic mass is 19.4. The molecule has 1 aromatic carbocycles. The molecule has 3 unspecified atom stereocenters. The number of aromatic nitrogens is 1. The molecule has 236 valence electrons. The summed E-state index contributed by atoms with van der Waals surface area (Å²) in [7, 11) is 0. The van der Waals surface area contributed by atoms with Crippen LogP contribution in [0.15, 0.2) is 48.8 Å². The smallest absolute Gasteiger partial charge is 0.475 e. The fourth-order valence-corrected chi connectivity index (χ4v) is 3.35. The number of rotatable bonds is 7. The van der Waals surface area contributed by atoms with Crippen molar-refractivity contribution in [3.8, 4) is 0 Å². The van der Waals surface area contributed by atoms with Crippen LogP contribution in [0.2, 0.25) is 0 Å². The van der Waals surface area contributed by atoms with Gasteiger partial charge in [0.1, 0.15) is 11.9 Å². The minimum Gasteiger partial charge on any atom is -0.475 e. The topological polar surface area (TPSA) is 208 Å². The summed E-state index contributed by atoms with van der Waals surface area (Å²) >= 11 is 0. The first-order valence-corrected chi connectivity index (χ1v) is 12.1. The number of carbonyl (C=O) groups excluding carboxylic acids is 2. The second-order valence-electron chi connectivity index (χ2n) is 8.84. The van der Waals surface area contributed by atoms with E-state index in [2.05, 4.69) is 20.9 Å². The SMILES string of the molecule is CC(NC(=O)C1CC(c2ccncc2)CN1)C(=O)NCc1ccc(C(=N)N)cc1.O=C(O)C(F)(F)F.O=C(O)C(F)(F)F. The Morgan fingerprint density at radius 1 is 1.00 bits per heavy atom. The van der Waals surface area contributed by atoms with Crippen LogP contribution >= 0.6 is 0 Å². The Morgan fingerprint density at radius 3 is 1.93 bits per heavy atom. The molecule has 1 saturated heterocycles. The third-order valence-corrected chi connectivity index (χ3v) is 5.59. The Labute approximate surface area is 240 Å². The van der Waals surface area contributed by atoms with Gasteiger partial charge in [-0.3, -0.25) is 20.0 Å². The van der Waals surface area contributed by atoms with Gasteiger partial charge in [-0.25, -0.2) is 9.59 Å². The summed E-state index contributed by atoms with van der Waals surface area (Å²) in [5, 5.41) is 30.5. The van der Waals surface area contributed by atoms with Crippen molar-refractivity contribution in [2.75, 3.05) is 6.54 Å². The first-order chi connectivity index (χ1) is 19.8. The Balaban J connectivity index is 0.000000548. The van der Waals surface area contributed by atoms with Gasteiger partial charge in [0.15, 0.2) is 0 Å². The normalized spacial score (nSPS) is 16.7. The highest BCUT2D eigenvalue weighted by Crippen LogP contribution is 2.25. The van der Waals surface area contributed by atoms with Gasteiger partial charge in [0.25, 0.3) is 0 Å². The fourth-order valence-electron chi connectivity index (χ4n) is 3.35. The van der Waals surface area contributed by atoms with Crippen molar-refractivity contribution in [2.24, 2.45) is 5.73 Å². The summed E-state index contributed by atoms with van der Waals surface area (Å²) in [4.78, 5) is 46.6. The largest absolute Gasteiger partial charge is 0.490 e. The minimum atomic E-state index is -5.08. The second-order valence-corrected chi connectivity index (χ2v) is 8.84. The molecular weight excluding hydrogens is 594 g/mol. The molecule has 0 aliphatic carbocycles. The van der Waals surface area contributed by atoms with Gasteiger partial charge in [-0.15, -0.1) is 0 Å². The molecule has 0 spiro atoms. The maximum absolute atomic E-state index is 12.5. The van der Waals surface area contributed by atoms with Crippen molar-refractivity contribution in [1.29, 1.82) is 5.41 Å². The van der Waals surface area contributed by atoms with Crippen LogP contribution in [-0.2, 0) is 25.7 Å². The van der Waals surface area contributed by atoms with Crippen LogP contribution in [0.25, 0.3) is 0 Å². The molecule has 8 N–H and O–H groups in total. The van der Waals surface area contributed by atoms with Crippen LogP contribution in [0, 0.1) is 5.41 Å². The zero-order valence-corrected chi connectivity index (χ0v) is 22.3. The number of hydrogen-bond donors (Lipinski definition) is 7. The number of amidine groups is 1. The van der Waals surface area contributed by atoms with Crippen LogP contribution in [0.5, 0.6) is 0 Å². The van der Waals surface area contributed by atoms with Gasteiger partial charge < -0.3 is 31.9 Å². The predicted molar refractivity (Wildman–Crippen MR) is 138 cm³/mol.